The first kappa shape index (κ1) is 21.2. The number of pyridine rings is 1. The van der Waals surface area contributed by atoms with Crippen molar-refractivity contribution in [1.82, 2.24) is 4.98 Å². The van der Waals surface area contributed by atoms with Crippen LogP contribution in [0.25, 0.3) is 44.5 Å². The second-order valence-electron chi connectivity index (χ2n) is 10.0. The first-order valence-electron chi connectivity index (χ1n) is 13.1. The summed E-state index contributed by atoms with van der Waals surface area (Å²) < 4.78 is 0. The fourth-order valence-electron chi connectivity index (χ4n) is 6.27. The summed E-state index contributed by atoms with van der Waals surface area (Å²) in [6, 6.07) is 46.5. The van der Waals surface area contributed by atoms with Gasteiger partial charge in [-0.05, 0) is 80.7 Å². The molecule has 5 aromatic carbocycles. The third-order valence-electron chi connectivity index (χ3n) is 7.98. The Balaban J connectivity index is 1.40. The molecule has 176 valence electrons. The van der Waals surface area contributed by atoms with Gasteiger partial charge in [0.2, 0.25) is 0 Å². The summed E-state index contributed by atoms with van der Waals surface area (Å²) >= 11 is 0. The highest BCUT2D eigenvalue weighted by Gasteiger charge is 2.42. The molecule has 0 bridgehead atoms. The first-order valence-corrected chi connectivity index (χ1v) is 13.1. The average Bonchev–Trinajstić information content (AvgIpc) is 3.01. The Bertz CT molecular complexity index is 1690. The molecule has 0 saturated carbocycles. The highest BCUT2D eigenvalue weighted by atomic mass is 15.1. The zero-order valence-electron chi connectivity index (χ0n) is 20.8. The van der Waals surface area contributed by atoms with Gasteiger partial charge in [0.25, 0.3) is 0 Å². The van der Waals surface area contributed by atoms with E-state index < -0.39 is 0 Å². The van der Waals surface area contributed by atoms with Crippen LogP contribution in [0.2, 0.25) is 0 Å². The van der Waals surface area contributed by atoms with Gasteiger partial charge in [-0.25, -0.2) is 0 Å². The molecular weight excluding hydrogens is 459 g/mol. The third kappa shape index (κ3) is 3.12. The summed E-state index contributed by atoms with van der Waals surface area (Å²) in [7, 11) is 0. The quantitative estimate of drug-likeness (QED) is 0.241. The van der Waals surface area contributed by atoms with Crippen molar-refractivity contribution in [1.29, 1.82) is 0 Å². The largest absolute Gasteiger partial charge is 0.376 e. The van der Waals surface area contributed by atoms with Gasteiger partial charge in [0.15, 0.2) is 0 Å². The van der Waals surface area contributed by atoms with Crippen molar-refractivity contribution in [2.75, 3.05) is 4.81 Å². The molecule has 0 unspecified atom stereocenters. The van der Waals surface area contributed by atoms with E-state index in [4.69, 9.17) is 0 Å². The van der Waals surface area contributed by atoms with E-state index in [-0.39, 0.29) is 6.85 Å². The fourth-order valence-corrected chi connectivity index (χ4v) is 6.27. The molecule has 3 heterocycles. The standard InChI is InChI=1S/C35H23BN2/c1-2-8-24(9-3-1)26-14-16-34-30(22-26)28-10-4-6-12-32(28)36-33-13-7-5-11-29(33)31-23-27(15-17-35(31)38(34)36)25-18-20-37-21-19-25/h1-23H. The maximum Gasteiger partial charge on any atom is 0.329 e. The third-order valence-corrected chi connectivity index (χ3v) is 7.98. The van der Waals surface area contributed by atoms with Crippen LogP contribution < -0.4 is 15.7 Å². The van der Waals surface area contributed by atoms with Crippen LogP contribution in [0.15, 0.2) is 140 Å². The van der Waals surface area contributed by atoms with E-state index in [0.717, 1.165) is 0 Å². The Morgan fingerprint density at radius 1 is 0.421 bits per heavy atom. The van der Waals surface area contributed by atoms with Gasteiger partial charge < -0.3 is 4.81 Å². The molecule has 38 heavy (non-hydrogen) atoms. The van der Waals surface area contributed by atoms with Gasteiger partial charge in [0, 0.05) is 34.9 Å². The minimum atomic E-state index is 0.122. The van der Waals surface area contributed by atoms with Crippen LogP contribution in [0.3, 0.4) is 0 Å². The lowest BCUT2D eigenvalue weighted by atomic mass is 9.43. The smallest absolute Gasteiger partial charge is 0.329 e. The summed E-state index contributed by atoms with van der Waals surface area (Å²) in [4.78, 5) is 6.77. The molecule has 0 fully saturated rings. The molecule has 2 aliphatic heterocycles. The van der Waals surface area contributed by atoms with E-state index in [2.05, 4.69) is 137 Å². The summed E-state index contributed by atoms with van der Waals surface area (Å²) in [5, 5.41) is 0. The molecule has 2 nitrogen and oxygen atoms in total. The Morgan fingerprint density at radius 2 is 0.921 bits per heavy atom. The number of aromatic nitrogens is 1. The number of rotatable bonds is 2. The summed E-state index contributed by atoms with van der Waals surface area (Å²) in [6.45, 7) is 0.122. The second-order valence-corrected chi connectivity index (χ2v) is 10.0. The van der Waals surface area contributed by atoms with Crippen LogP contribution in [0.4, 0.5) is 11.4 Å². The van der Waals surface area contributed by atoms with Gasteiger partial charge in [-0.15, -0.1) is 0 Å². The topological polar surface area (TPSA) is 16.1 Å². The van der Waals surface area contributed by atoms with E-state index in [1.54, 1.807) is 0 Å². The lowest BCUT2D eigenvalue weighted by molar-refractivity contribution is 1.32. The van der Waals surface area contributed by atoms with Crippen molar-refractivity contribution >= 4 is 29.1 Å². The van der Waals surface area contributed by atoms with Crippen LogP contribution in [0.5, 0.6) is 0 Å². The predicted molar refractivity (Wildman–Crippen MR) is 160 cm³/mol. The van der Waals surface area contributed by atoms with Gasteiger partial charge in [-0.3, -0.25) is 4.98 Å². The van der Waals surface area contributed by atoms with Crippen molar-refractivity contribution < 1.29 is 0 Å². The van der Waals surface area contributed by atoms with Crippen molar-refractivity contribution in [3.8, 4) is 44.5 Å². The molecule has 2 aliphatic rings. The van der Waals surface area contributed by atoms with Crippen molar-refractivity contribution in [2.24, 2.45) is 0 Å². The zero-order chi connectivity index (χ0) is 25.1. The number of nitrogens with zero attached hydrogens (tertiary/aromatic N) is 2. The molecule has 0 spiro atoms. The zero-order valence-corrected chi connectivity index (χ0v) is 20.8. The van der Waals surface area contributed by atoms with Gasteiger partial charge in [-0.2, -0.15) is 0 Å². The van der Waals surface area contributed by atoms with Crippen molar-refractivity contribution in [3.05, 3.63) is 140 Å². The normalized spacial score (nSPS) is 12.6. The van der Waals surface area contributed by atoms with Crippen LogP contribution >= 0.6 is 0 Å². The van der Waals surface area contributed by atoms with Crippen LogP contribution in [0, 0.1) is 0 Å². The molecule has 0 N–H and O–H groups in total. The highest BCUT2D eigenvalue weighted by molar-refractivity contribution is 6.92. The molecule has 6 aromatic rings. The van der Waals surface area contributed by atoms with Crippen LogP contribution in [-0.4, -0.2) is 11.8 Å². The Hall–Kier alpha value is -4.89. The van der Waals surface area contributed by atoms with E-state index in [1.165, 1.54) is 66.8 Å². The van der Waals surface area contributed by atoms with Gasteiger partial charge in [-0.1, -0.05) is 91.0 Å². The SMILES string of the molecule is c1ccc(-c2ccc3c(c2)-c2ccccc2B2c4ccccc4-c4cc(-c5ccncc5)ccc4N23)cc1. The lowest BCUT2D eigenvalue weighted by Crippen LogP contribution is -2.59. The number of hydrogen-bond donors (Lipinski definition) is 0. The number of hydrogen-bond acceptors (Lipinski definition) is 2. The van der Waals surface area contributed by atoms with Crippen LogP contribution in [-0.2, 0) is 0 Å². The molecule has 0 saturated heterocycles. The monoisotopic (exact) mass is 482 g/mol. The average molecular weight is 482 g/mol. The molecule has 8 rings (SSSR count). The van der Waals surface area contributed by atoms with Gasteiger partial charge >= 0.3 is 6.85 Å². The van der Waals surface area contributed by atoms with E-state index in [9.17, 15) is 0 Å². The summed E-state index contributed by atoms with van der Waals surface area (Å²) in [5.41, 5.74) is 15.2. The lowest BCUT2D eigenvalue weighted by Gasteiger charge is -2.43. The highest BCUT2D eigenvalue weighted by Crippen LogP contribution is 2.47. The Kier molecular flexibility index (Phi) is 4.65. The molecular formula is C35H23BN2. The van der Waals surface area contributed by atoms with Crippen LogP contribution in [0.1, 0.15) is 0 Å². The second kappa shape index (κ2) is 8.32. The maximum atomic E-state index is 4.22. The van der Waals surface area contributed by atoms with Gasteiger partial charge in [0.1, 0.15) is 0 Å². The number of benzene rings is 5. The van der Waals surface area contributed by atoms with E-state index in [1.807, 2.05) is 12.4 Å². The fraction of sp³-hybridized carbons (Fsp3) is 0. The molecule has 0 aliphatic carbocycles. The summed E-state index contributed by atoms with van der Waals surface area (Å²) in [6.07, 6.45) is 3.72. The van der Waals surface area contributed by atoms with E-state index in [0.29, 0.717) is 0 Å². The molecule has 1 aromatic heterocycles. The Labute approximate surface area is 223 Å². The molecule has 3 heteroatoms. The first-order chi connectivity index (χ1) is 18.9. The predicted octanol–water partition coefficient (Wildman–Crippen LogP) is 7.32. The molecule has 0 radical (unpaired) electrons. The Morgan fingerprint density at radius 3 is 1.50 bits per heavy atom. The number of anilines is 2. The summed E-state index contributed by atoms with van der Waals surface area (Å²) in [5.74, 6) is 0. The maximum absolute atomic E-state index is 4.22. The van der Waals surface area contributed by atoms with E-state index >= 15 is 0 Å². The molecule has 0 amide bonds. The van der Waals surface area contributed by atoms with Gasteiger partial charge in [0.05, 0.1) is 0 Å². The molecule has 0 atom stereocenters. The van der Waals surface area contributed by atoms with Crippen molar-refractivity contribution in [3.63, 3.8) is 0 Å². The van der Waals surface area contributed by atoms with Crippen molar-refractivity contribution in [2.45, 2.75) is 0 Å². The minimum absolute atomic E-state index is 0.122. The number of fused-ring (bicyclic) bond motifs is 11. The minimum Gasteiger partial charge on any atom is -0.376 e.